The highest BCUT2D eigenvalue weighted by molar-refractivity contribution is 6.18. The van der Waals surface area contributed by atoms with Gasteiger partial charge in [-0.15, -0.1) is 0 Å². The Hall–Kier alpha value is -3.66. The molecule has 1 saturated heterocycles. The Balaban J connectivity index is 1.42. The second-order valence-corrected chi connectivity index (χ2v) is 8.30. The number of hydrogen-bond donors (Lipinski definition) is 2. The van der Waals surface area contributed by atoms with Gasteiger partial charge in [-0.1, -0.05) is 6.07 Å². The first-order chi connectivity index (χ1) is 16.1. The van der Waals surface area contributed by atoms with E-state index in [2.05, 4.69) is 50.1 Å². The highest BCUT2D eigenvalue weighted by Gasteiger charge is 2.20. The molecule has 4 heterocycles. The van der Waals surface area contributed by atoms with Crippen molar-refractivity contribution in [2.24, 2.45) is 0 Å². The van der Waals surface area contributed by atoms with Crippen molar-refractivity contribution in [3.05, 3.63) is 54.1 Å². The summed E-state index contributed by atoms with van der Waals surface area (Å²) in [5.74, 6) is -0.326. The molecular weight excluding hydrogens is 417 g/mol. The number of aryl methyl sites for hydroxylation is 1. The molecule has 3 N–H and O–H groups in total. The molecule has 2 aliphatic rings. The molecule has 0 atom stereocenters. The fourth-order valence-corrected chi connectivity index (χ4v) is 4.39. The van der Waals surface area contributed by atoms with Gasteiger partial charge in [0.2, 0.25) is 7.98 Å². The lowest BCUT2D eigenvalue weighted by Crippen LogP contribution is -2.36. The number of carbonyl (C=O) groups is 1. The Bertz CT molecular complexity index is 1180. The number of hydrogen-bond acceptors (Lipinski definition) is 8. The van der Waals surface area contributed by atoms with E-state index in [4.69, 9.17) is 10.5 Å². The first-order valence-electron chi connectivity index (χ1n) is 11.1. The summed E-state index contributed by atoms with van der Waals surface area (Å²) in [5, 5.41) is 2.93. The number of morpholine rings is 1. The zero-order valence-electron chi connectivity index (χ0n) is 18.6. The number of fused-ring (bicyclic) bond motifs is 1. The van der Waals surface area contributed by atoms with Crippen molar-refractivity contribution >= 4 is 36.8 Å². The Morgan fingerprint density at radius 3 is 2.82 bits per heavy atom. The largest absolute Gasteiger partial charge is 0.422 e. The Labute approximate surface area is 193 Å². The van der Waals surface area contributed by atoms with Crippen LogP contribution >= 0.6 is 0 Å². The number of aromatic nitrogens is 3. The van der Waals surface area contributed by atoms with Crippen molar-refractivity contribution in [2.45, 2.75) is 12.8 Å². The average molecular weight is 443 g/mol. The second kappa shape index (κ2) is 9.07. The van der Waals surface area contributed by atoms with Crippen molar-refractivity contribution in [1.82, 2.24) is 15.0 Å². The molecule has 9 nitrogen and oxygen atoms in total. The predicted octanol–water partition coefficient (Wildman–Crippen LogP) is 1.51. The first-order valence-corrected chi connectivity index (χ1v) is 11.1. The van der Waals surface area contributed by atoms with Crippen LogP contribution in [-0.4, -0.2) is 61.7 Å². The van der Waals surface area contributed by atoms with Gasteiger partial charge in [0.05, 0.1) is 42.7 Å². The normalized spacial score (nSPS) is 15.8. The third-order valence-corrected chi connectivity index (χ3v) is 6.14. The second-order valence-electron chi connectivity index (χ2n) is 8.30. The van der Waals surface area contributed by atoms with Crippen LogP contribution in [0.4, 0.5) is 22.9 Å². The summed E-state index contributed by atoms with van der Waals surface area (Å²) >= 11 is 0. The van der Waals surface area contributed by atoms with Crippen molar-refractivity contribution in [3.8, 4) is 11.3 Å². The van der Waals surface area contributed by atoms with Gasteiger partial charge in [-0.2, -0.15) is 0 Å². The minimum atomic E-state index is -0.415. The van der Waals surface area contributed by atoms with E-state index in [1.165, 1.54) is 11.3 Å². The molecule has 33 heavy (non-hydrogen) atoms. The van der Waals surface area contributed by atoms with E-state index in [1.54, 1.807) is 18.6 Å². The van der Waals surface area contributed by atoms with Crippen LogP contribution in [0.2, 0.25) is 0 Å². The van der Waals surface area contributed by atoms with Gasteiger partial charge in [0.25, 0.3) is 5.91 Å². The summed E-state index contributed by atoms with van der Waals surface area (Å²) in [6, 6.07) is 8.13. The number of carbonyl (C=O) groups excluding carboxylic acids is 1. The molecule has 0 unspecified atom stereocenters. The van der Waals surface area contributed by atoms with Gasteiger partial charge in [0, 0.05) is 37.1 Å². The highest BCUT2D eigenvalue weighted by atomic mass is 16.5. The van der Waals surface area contributed by atoms with Crippen LogP contribution in [0.3, 0.4) is 0 Å². The van der Waals surface area contributed by atoms with Gasteiger partial charge in [0.1, 0.15) is 0 Å². The van der Waals surface area contributed by atoms with E-state index in [0.29, 0.717) is 24.6 Å². The van der Waals surface area contributed by atoms with Crippen LogP contribution < -0.4 is 20.8 Å². The first kappa shape index (κ1) is 21.2. The van der Waals surface area contributed by atoms with E-state index in [9.17, 15) is 4.79 Å². The molecular formula is C23H26BN7O2. The Morgan fingerprint density at radius 2 is 1.97 bits per heavy atom. The molecule has 168 valence electrons. The topological polar surface area (TPSA) is 110 Å². The number of nitrogens with zero attached hydrogens (tertiary/aromatic N) is 5. The number of nitrogen functional groups attached to an aromatic ring is 1. The van der Waals surface area contributed by atoms with Crippen molar-refractivity contribution < 1.29 is 9.53 Å². The number of amides is 1. The molecule has 3 aromatic rings. The average Bonchev–Trinajstić information content (AvgIpc) is 2.85. The van der Waals surface area contributed by atoms with Crippen molar-refractivity contribution in [3.63, 3.8) is 0 Å². The van der Waals surface area contributed by atoms with Crippen molar-refractivity contribution in [2.75, 3.05) is 53.6 Å². The minimum absolute atomic E-state index is 0.0887. The van der Waals surface area contributed by atoms with Crippen LogP contribution in [0.1, 0.15) is 22.5 Å². The highest BCUT2D eigenvalue weighted by Crippen LogP contribution is 2.31. The quantitative estimate of drug-likeness (QED) is 0.585. The Kier molecular flexibility index (Phi) is 5.83. The number of nitrogens with one attached hydrogen (secondary N) is 1. The predicted molar refractivity (Wildman–Crippen MR) is 131 cm³/mol. The van der Waals surface area contributed by atoms with Crippen LogP contribution in [0.5, 0.6) is 0 Å². The van der Waals surface area contributed by atoms with Gasteiger partial charge in [0.15, 0.2) is 11.5 Å². The summed E-state index contributed by atoms with van der Waals surface area (Å²) in [6.45, 7) is 3.84. The lowest BCUT2D eigenvalue weighted by molar-refractivity contribution is 0.102. The van der Waals surface area contributed by atoms with Gasteiger partial charge >= 0.3 is 0 Å². The van der Waals surface area contributed by atoms with E-state index in [-0.39, 0.29) is 11.5 Å². The maximum Gasteiger partial charge on any atom is 0.278 e. The van der Waals surface area contributed by atoms with E-state index < -0.39 is 5.91 Å². The van der Waals surface area contributed by atoms with E-state index in [0.717, 1.165) is 43.7 Å². The van der Waals surface area contributed by atoms with Crippen LogP contribution in [0.25, 0.3) is 11.3 Å². The summed E-state index contributed by atoms with van der Waals surface area (Å²) < 4.78 is 5.44. The number of pyridine rings is 1. The van der Waals surface area contributed by atoms with Gasteiger partial charge in [-0.3, -0.25) is 9.78 Å². The summed E-state index contributed by atoms with van der Waals surface area (Å²) in [7, 11) is 2.10. The van der Waals surface area contributed by atoms with Gasteiger partial charge < -0.3 is 25.5 Å². The third-order valence-electron chi connectivity index (χ3n) is 6.14. The van der Waals surface area contributed by atoms with Crippen LogP contribution in [-0.2, 0) is 11.2 Å². The molecule has 0 aliphatic carbocycles. The number of ether oxygens (including phenoxy) is 1. The number of anilines is 4. The molecule has 1 amide bonds. The molecule has 0 saturated carbocycles. The van der Waals surface area contributed by atoms with Crippen LogP contribution in [0, 0.1) is 0 Å². The minimum Gasteiger partial charge on any atom is -0.422 e. The fourth-order valence-electron chi connectivity index (χ4n) is 4.39. The molecule has 0 spiro atoms. The smallest absolute Gasteiger partial charge is 0.278 e. The fraction of sp³-hybridized carbons (Fsp3) is 0.304. The van der Waals surface area contributed by atoms with Crippen LogP contribution in [0.15, 0.2) is 42.9 Å². The number of rotatable bonds is 4. The zero-order chi connectivity index (χ0) is 22.8. The molecule has 0 bridgehead atoms. The summed E-state index contributed by atoms with van der Waals surface area (Å²) in [6.07, 6.45) is 7.10. The molecule has 1 aromatic carbocycles. The van der Waals surface area contributed by atoms with E-state index >= 15 is 0 Å². The molecule has 0 radical (unpaired) electrons. The monoisotopic (exact) mass is 443 g/mol. The summed E-state index contributed by atoms with van der Waals surface area (Å²) in [5.41, 5.74) is 11.7. The molecule has 10 heteroatoms. The van der Waals surface area contributed by atoms with E-state index in [1.807, 2.05) is 12.1 Å². The molecule has 2 aliphatic heterocycles. The van der Waals surface area contributed by atoms with Gasteiger partial charge in [-0.05, 0) is 36.6 Å². The lowest BCUT2D eigenvalue weighted by Gasteiger charge is -2.30. The van der Waals surface area contributed by atoms with Gasteiger partial charge in [-0.25, -0.2) is 9.97 Å². The Morgan fingerprint density at radius 1 is 1.12 bits per heavy atom. The summed E-state index contributed by atoms with van der Waals surface area (Å²) in [4.78, 5) is 30.6. The van der Waals surface area contributed by atoms with Crippen molar-refractivity contribution in [1.29, 1.82) is 0 Å². The lowest BCUT2D eigenvalue weighted by atomic mass is 9.96. The molecule has 5 rings (SSSR count). The zero-order valence-corrected chi connectivity index (χ0v) is 18.6. The standard InChI is InChI=1S/C23H26BN7O2/c24-31-7-1-2-16-12-15(3-4-19(16)31)17-14-27-22(25)21(28-17)23(32)29-18-13-26-6-5-20(18)30-8-10-33-11-9-30/h3-6,12-14H,1-2,7-11,24H2,(H2,25,27)(H,29,32). The third kappa shape index (κ3) is 4.34. The molecule has 2 aromatic heterocycles. The number of benzene rings is 1. The maximum atomic E-state index is 13.2. The number of nitrogens with two attached hydrogens (primary N) is 1. The SMILES string of the molecule is BN1CCCc2cc(-c3cnc(N)c(C(=O)Nc4cnccc4N4CCOCC4)n3)ccc21. The maximum absolute atomic E-state index is 13.2. The molecule has 1 fully saturated rings.